The molecule has 1 aromatic carbocycles. The van der Waals surface area contributed by atoms with Crippen LogP contribution in [-0.2, 0) is 9.47 Å². The normalized spacial score (nSPS) is 25.7. The highest BCUT2D eigenvalue weighted by Crippen LogP contribution is 2.33. The molecule has 11 heteroatoms. The third kappa shape index (κ3) is 3.50. The fourth-order valence-corrected chi connectivity index (χ4v) is 3.77. The van der Waals surface area contributed by atoms with Crippen molar-refractivity contribution in [3.63, 3.8) is 0 Å². The molecule has 9 nitrogen and oxygen atoms in total. The molecule has 2 saturated heterocycles. The van der Waals surface area contributed by atoms with Gasteiger partial charge in [-0.2, -0.15) is 9.78 Å². The summed E-state index contributed by atoms with van der Waals surface area (Å²) in [5, 5.41) is 12.8. The second-order valence-corrected chi connectivity index (χ2v) is 7.46. The molecule has 4 rings (SSSR count). The van der Waals surface area contributed by atoms with Crippen molar-refractivity contribution in [1.82, 2.24) is 25.2 Å². The molecule has 0 unspecified atom stereocenters. The van der Waals surface area contributed by atoms with E-state index in [-0.39, 0.29) is 17.3 Å². The van der Waals surface area contributed by atoms with Crippen molar-refractivity contribution >= 4 is 35.3 Å². The van der Waals surface area contributed by atoms with Crippen LogP contribution in [-0.4, -0.2) is 49.6 Å². The molecule has 0 spiro atoms. The van der Waals surface area contributed by atoms with E-state index in [0.29, 0.717) is 23.5 Å². The molecule has 2 fully saturated rings. The van der Waals surface area contributed by atoms with E-state index in [1.54, 1.807) is 9.36 Å². The molecule has 3 atom stereocenters. The first-order valence-corrected chi connectivity index (χ1v) is 9.26. The SMILES string of the molecule is Cc1cc(C)cc(-n2nnn([C@H]3C/C(=N\NC(N)=S)[C@H]4OC[C@H]3O4)c2=S)c1. The van der Waals surface area contributed by atoms with Crippen LogP contribution < -0.4 is 11.2 Å². The first-order chi connectivity index (χ1) is 12.9. The van der Waals surface area contributed by atoms with Gasteiger partial charge in [0, 0.05) is 6.42 Å². The Morgan fingerprint density at radius 2 is 2.04 bits per heavy atom. The number of nitrogens with zero attached hydrogens (tertiary/aromatic N) is 5. The second kappa shape index (κ2) is 7.08. The zero-order chi connectivity index (χ0) is 19.1. The summed E-state index contributed by atoms with van der Waals surface area (Å²) in [6, 6.07) is 5.96. The number of benzene rings is 1. The van der Waals surface area contributed by atoms with Crippen molar-refractivity contribution in [1.29, 1.82) is 0 Å². The van der Waals surface area contributed by atoms with Crippen LogP contribution in [0, 0.1) is 18.6 Å². The minimum atomic E-state index is -0.503. The van der Waals surface area contributed by atoms with Gasteiger partial charge in [-0.3, -0.25) is 5.43 Å². The quantitative estimate of drug-likeness (QED) is 0.581. The number of fused-ring (bicyclic) bond motifs is 2. The van der Waals surface area contributed by atoms with E-state index >= 15 is 0 Å². The number of nitrogens with two attached hydrogens (primary N) is 1. The summed E-state index contributed by atoms with van der Waals surface area (Å²) < 4.78 is 15.4. The number of ether oxygens (including phenoxy) is 2. The largest absolute Gasteiger partial charge is 0.375 e. The third-order valence-corrected chi connectivity index (χ3v) is 4.96. The number of rotatable bonds is 3. The number of hydrazone groups is 1. The predicted octanol–water partition coefficient (Wildman–Crippen LogP) is 1.29. The highest BCUT2D eigenvalue weighted by Gasteiger charge is 2.44. The van der Waals surface area contributed by atoms with Gasteiger partial charge in [0.1, 0.15) is 6.10 Å². The minimum Gasteiger partial charge on any atom is -0.375 e. The smallest absolute Gasteiger partial charge is 0.221 e. The monoisotopic (exact) mass is 405 g/mol. The van der Waals surface area contributed by atoms with Crippen LogP contribution in [0.2, 0.25) is 0 Å². The van der Waals surface area contributed by atoms with Crippen molar-refractivity contribution in [2.75, 3.05) is 6.61 Å². The lowest BCUT2D eigenvalue weighted by Gasteiger charge is -2.27. The number of hydrogen-bond acceptors (Lipinski definition) is 7. The van der Waals surface area contributed by atoms with Crippen molar-refractivity contribution in [3.05, 3.63) is 34.1 Å². The summed E-state index contributed by atoms with van der Waals surface area (Å²) in [4.78, 5) is 0. The van der Waals surface area contributed by atoms with Gasteiger partial charge in [0.2, 0.25) is 4.77 Å². The van der Waals surface area contributed by atoms with E-state index < -0.39 is 6.29 Å². The molecule has 0 saturated carbocycles. The first kappa shape index (κ1) is 18.2. The Bertz CT molecular complexity index is 963. The average molecular weight is 406 g/mol. The van der Waals surface area contributed by atoms with E-state index in [1.807, 2.05) is 26.0 Å². The summed E-state index contributed by atoms with van der Waals surface area (Å²) in [5.41, 5.74) is 11.8. The van der Waals surface area contributed by atoms with E-state index in [4.69, 9.17) is 39.6 Å². The maximum absolute atomic E-state index is 5.90. The van der Waals surface area contributed by atoms with Gasteiger partial charge >= 0.3 is 0 Å². The van der Waals surface area contributed by atoms with Crippen LogP contribution in [0.5, 0.6) is 0 Å². The number of aryl methyl sites for hydroxylation is 2. The number of hydrogen-bond donors (Lipinski definition) is 2. The summed E-state index contributed by atoms with van der Waals surface area (Å²) in [6.45, 7) is 4.50. The van der Waals surface area contributed by atoms with Gasteiger partial charge in [-0.15, -0.1) is 0 Å². The molecule has 2 aliphatic heterocycles. The maximum Gasteiger partial charge on any atom is 0.221 e. The lowest BCUT2D eigenvalue weighted by atomic mass is 10.0. The van der Waals surface area contributed by atoms with Gasteiger partial charge in [-0.1, -0.05) is 6.07 Å². The molecule has 3 heterocycles. The van der Waals surface area contributed by atoms with E-state index in [1.165, 1.54) is 0 Å². The average Bonchev–Trinajstić information content (AvgIpc) is 3.18. The highest BCUT2D eigenvalue weighted by molar-refractivity contribution is 7.80. The molecular weight excluding hydrogens is 386 g/mol. The van der Waals surface area contributed by atoms with Crippen molar-refractivity contribution in [2.24, 2.45) is 10.8 Å². The first-order valence-electron chi connectivity index (χ1n) is 8.44. The van der Waals surface area contributed by atoms with Gasteiger partial charge in [-0.25, -0.2) is 4.68 Å². The van der Waals surface area contributed by atoms with E-state index in [2.05, 4.69) is 27.0 Å². The zero-order valence-corrected chi connectivity index (χ0v) is 16.5. The topological polar surface area (TPSA) is 105 Å². The summed E-state index contributed by atoms with van der Waals surface area (Å²) in [7, 11) is 0. The van der Waals surface area contributed by atoms with Crippen molar-refractivity contribution in [2.45, 2.75) is 38.7 Å². The van der Waals surface area contributed by atoms with Crippen LogP contribution in [0.1, 0.15) is 23.6 Å². The molecule has 142 valence electrons. The van der Waals surface area contributed by atoms with Crippen LogP contribution in [0.15, 0.2) is 23.3 Å². The number of thiocarbonyl (C=S) groups is 1. The number of tetrazole rings is 1. The summed E-state index contributed by atoms with van der Waals surface area (Å²) in [5.74, 6) is 0. The molecular formula is C16H19N7O2S2. The van der Waals surface area contributed by atoms with E-state index in [0.717, 1.165) is 16.8 Å². The highest BCUT2D eigenvalue weighted by atomic mass is 32.1. The molecule has 27 heavy (non-hydrogen) atoms. The maximum atomic E-state index is 5.90. The fraction of sp³-hybridized carbons (Fsp3) is 0.438. The molecule has 2 aromatic rings. The Kier molecular flexibility index (Phi) is 4.76. The zero-order valence-electron chi connectivity index (χ0n) is 14.8. The minimum absolute atomic E-state index is 0.0801. The Balaban J connectivity index is 1.67. The Morgan fingerprint density at radius 1 is 1.30 bits per heavy atom. The Morgan fingerprint density at radius 3 is 2.74 bits per heavy atom. The predicted molar refractivity (Wildman–Crippen MR) is 105 cm³/mol. The van der Waals surface area contributed by atoms with Crippen LogP contribution in [0.3, 0.4) is 0 Å². The molecule has 0 radical (unpaired) electrons. The standard InChI is InChI=1S/C16H19N7O2S2/c1-8-3-9(2)5-10(4-8)22-16(27)23(21-20-22)12-6-11(18-19-15(17)26)14-24-7-13(12)25-14/h3-5,12-14H,6-7H2,1-2H3,(H3,17,19,26)/b18-11+/t12-,13+,14-/m0/s1. The van der Waals surface area contributed by atoms with Crippen LogP contribution in [0.4, 0.5) is 0 Å². The van der Waals surface area contributed by atoms with Crippen LogP contribution in [0.25, 0.3) is 5.69 Å². The van der Waals surface area contributed by atoms with Gasteiger partial charge in [0.15, 0.2) is 11.4 Å². The Hall–Kier alpha value is -2.21. The van der Waals surface area contributed by atoms with Gasteiger partial charge < -0.3 is 15.2 Å². The summed E-state index contributed by atoms with van der Waals surface area (Å²) >= 11 is 10.4. The Labute approximate surface area is 166 Å². The number of nitrogens with one attached hydrogen (secondary N) is 1. The van der Waals surface area contributed by atoms with E-state index in [9.17, 15) is 0 Å². The molecule has 3 N–H and O–H groups in total. The molecule has 0 aliphatic carbocycles. The molecule has 2 bridgehead atoms. The molecule has 0 amide bonds. The third-order valence-electron chi connectivity index (χ3n) is 4.51. The van der Waals surface area contributed by atoms with Crippen molar-refractivity contribution < 1.29 is 9.47 Å². The van der Waals surface area contributed by atoms with Gasteiger partial charge in [0.25, 0.3) is 0 Å². The summed E-state index contributed by atoms with van der Waals surface area (Å²) in [6.07, 6.45) is -0.128. The molecule has 2 aliphatic rings. The lowest BCUT2D eigenvalue weighted by molar-refractivity contribution is -0.0324. The van der Waals surface area contributed by atoms with Crippen LogP contribution >= 0.6 is 24.4 Å². The van der Waals surface area contributed by atoms with Gasteiger partial charge in [-0.05, 0) is 72.0 Å². The lowest BCUT2D eigenvalue weighted by Crippen LogP contribution is -2.39. The molecule has 1 aromatic heterocycles. The number of aromatic nitrogens is 4. The second-order valence-electron chi connectivity index (χ2n) is 6.65. The van der Waals surface area contributed by atoms with Crippen molar-refractivity contribution in [3.8, 4) is 5.69 Å². The van der Waals surface area contributed by atoms with Gasteiger partial charge in [0.05, 0.1) is 24.0 Å². The fourth-order valence-electron chi connectivity index (χ4n) is 3.41.